The smallest absolute Gasteiger partial charge is 0.118 e. The zero-order chi connectivity index (χ0) is 6.54. The highest BCUT2D eigenvalue weighted by molar-refractivity contribution is 5.07. The summed E-state index contributed by atoms with van der Waals surface area (Å²) in [7, 11) is 0. The Morgan fingerprint density at radius 3 is 2.44 bits per heavy atom. The van der Waals surface area contributed by atoms with E-state index in [1.54, 1.807) is 0 Å². The van der Waals surface area contributed by atoms with Crippen LogP contribution in [0.2, 0.25) is 0 Å². The van der Waals surface area contributed by atoms with E-state index in [4.69, 9.17) is 15.6 Å². The number of aliphatic hydroxyl groups is 1. The summed E-state index contributed by atoms with van der Waals surface area (Å²) in [6.07, 6.45) is 1.69. The Balaban J connectivity index is 2.12. The molecule has 1 aliphatic carbocycles. The van der Waals surface area contributed by atoms with Gasteiger partial charge in [-0.1, -0.05) is 0 Å². The average molecular weight is 129 g/mol. The van der Waals surface area contributed by atoms with Crippen LogP contribution >= 0.6 is 0 Å². The summed E-state index contributed by atoms with van der Waals surface area (Å²) in [5, 5.41) is 8.84. The normalized spacial score (nSPS) is 55.3. The second-order valence-electron chi connectivity index (χ2n) is 3.37. The van der Waals surface area contributed by atoms with Crippen molar-refractivity contribution in [2.75, 3.05) is 13.2 Å². The Morgan fingerprint density at radius 2 is 2.22 bits per heavy atom. The first-order valence-electron chi connectivity index (χ1n) is 3.22. The Labute approximate surface area is 53.8 Å². The van der Waals surface area contributed by atoms with Gasteiger partial charge in [-0.2, -0.15) is 0 Å². The summed E-state index contributed by atoms with van der Waals surface area (Å²) in [5.41, 5.74) is 5.36. The van der Waals surface area contributed by atoms with Crippen molar-refractivity contribution < 1.29 is 9.84 Å². The van der Waals surface area contributed by atoms with E-state index < -0.39 is 0 Å². The largest absolute Gasteiger partial charge is 0.396 e. The number of nitrogens with two attached hydrogens (primary N) is 1. The highest BCUT2D eigenvalue weighted by Gasteiger charge is 2.60. The number of hydrogen-bond acceptors (Lipinski definition) is 3. The van der Waals surface area contributed by atoms with Gasteiger partial charge in [0.15, 0.2) is 0 Å². The molecule has 3 fully saturated rings. The molecule has 9 heavy (non-hydrogen) atoms. The molecule has 0 spiro atoms. The van der Waals surface area contributed by atoms with Crippen LogP contribution in [0.1, 0.15) is 12.8 Å². The van der Waals surface area contributed by atoms with Gasteiger partial charge in [0.25, 0.3) is 0 Å². The third-order valence-electron chi connectivity index (χ3n) is 2.35. The zero-order valence-corrected chi connectivity index (χ0v) is 5.26. The van der Waals surface area contributed by atoms with Crippen LogP contribution in [0.15, 0.2) is 0 Å². The second kappa shape index (κ2) is 1.31. The van der Waals surface area contributed by atoms with Crippen molar-refractivity contribution in [2.45, 2.75) is 18.6 Å². The van der Waals surface area contributed by atoms with Crippen molar-refractivity contribution in [2.24, 2.45) is 11.1 Å². The molecule has 3 rings (SSSR count). The fourth-order valence-corrected chi connectivity index (χ4v) is 1.88. The molecule has 1 saturated carbocycles. The quantitative estimate of drug-likeness (QED) is 0.499. The van der Waals surface area contributed by atoms with Gasteiger partial charge in [0.1, 0.15) is 5.72 Å². The number of ether oxygens (including phenoxy) is 1. The lowest BCUT2D eigenvalue weighted by Crippen LogP contribution is -2.52. The maximum absolute atomic E-state index is 8.84. The number of aliphatic hydroxyl groups excluding tert-OH is 1. The van der Waals surface area contributed by atoms with Gasteiger partial charge in [-0.15, -0.1) is 0 Å². The van der Waals surface area contributed by atoms with E-state index in [0.717, 1.165) is 12.8 Å². The minimum Gasteiger partial charge on any atom is -0.396 e. The lowest BCUT2D eigenvalue weighted by molar-refractivity contribution is -0.0226. The van der Waals surface area contributed by atoms with Crippen LogP contribution in [0.4, 0.5) is 0 Å². The topological polar surface area (TPSA) is 55.5 Å². The molecule has 2 aliphatic heterocycles. The first kappa shape index (κ1) is 5.65. The minimum atomic E-state index is -0.358. The molecule has 3 N–H and O–H groups in total. The Bertz CT molecular complexity index is 140. The van der Waals surface area contributed by atoms with Crippen molar-refractivity contribution in [3.8, 4) is 0 Å². The van der Waals surface area contributed by atoms with Crippen molar-refractivity contribution in [3.63, 3.8) is 0 Å². The summed E-state index contributed by atoms with van der Waals surface area (Å²) < 4.78 is 5.23. The van der Waals surface area contributed by atoms with E-state index in [1.165, 1.54) is 0 Å². The molecule has 3 aliphatic rings. The van der Waals surface area contributed by atoms with Gasteiger partial charge in [0.2, 0.25) is 0 Å². The molecular formula is C6H11NO2. The fraction of sp³-hybridized carbons (Fsp3) is 1.00. The molecule has 0 aromatic carbocycles. The monoisotopic (exact) mass is 129 g/mol. The molecule has 2 saturated heterocycles. The summed E-state index contributed by atoms with van der Waals surface area (Å²) in [4.78, 5) is 0. The Kier molecular flexibility index (Phi) is 0.822. The lowest BCUT2D eigenvalue weighted by atomic mass is 9.67. The van der Waals surface area contributed by atoms with Gasteiger partial charge in [-0.25, -0.2) is 0 Å². The van der Waals surface area contributed by atoms with E-state index in [9.17, 15) is 0 Å². The highest BCUT2D eigenvalue weighted by Crippen LogP contribution is 2.54. The van der Waals surface area contributed by atoms with Crippen molar-refractivity contribution in [3.05, 3.63) is 0 Å². The Morgan fingerprint density at radius 1 is 1.56 bits per heavy atom. The molecule has 2 heterocycles. The summed E-state index contributed by atoms with van der Waals surface area (Å²) in [6.45, 7) is 0.881. The standard InChI is InChI=1S/C6H11NO2/c7-6-1-5(2-6,3-8)4-9-6/h8H,1-4,7H2. The number of fused-ring (bicyclic) bond motifs is 1. The molecule has 0 atom stereocenters. The van der Waals surface area contributed by atoms with Crippen LogP contribution < -0.4 is 5.73 Å². The molecule has 3 nitrogen and oxygen atoms in total. The van der Waals surface area contributed by atoms with Crippen LogP contribution in [-0.2, 0) is 4.74 Å². The van der Waals surface area contributed by atoms with Crippen LogP contribution in [0.25, 0.3) is 0 Å². The maximum Gasteiger partial charge on any atom is 0.118 e. The summed E-state index contributed by atoms with van der Waals surface area (Å²) in [5.74, 6) is 0. The van der Waals surface area contributed by atoms with Gasteiger partial charge in [-0.05, 0) is 12.8 Å². The van der Waals surface area contributed by atoms with Crippen molar-refractivity contribution in [1.29, 1.82) is 0 Å². The maximum atomic E-state index is 8.84. The molecule has 2 bridgehead atoms. The van der Waals surface area contributed by atoms with E-state index in [2.05, 4.69) is 0 Å². The summed E-state index contributed by atoms with van der Waals surface area (Å²) >= 11 is 0. The zero-order valence-electron chi connectivity index (χ0n) is 5.26. The predicted molar refractivity (Wildman–Crippen MR) is 31.6 cm³/mol. The predicted octanol–water partition coefficient (Wildman–Crippen LogP) is -0.556. The number of rotatable bonds is 1. The molecule has 0 amide bonds. The Hall–Kier alpha value is -0.120. The van der Waals surface area contributed by atoms with Crippen LogP contribution in [0.3, 0.4) is 0 Å². The van der Waals surface area contributed by atoms with Crippen LogP contribution in [0, 0.1) is 5.41 Å². The van der Waals surface area contributed by atoms with E-state index in [1.807, 2.05) is 0 Å². The van der Waals surface area contributed by atoms with Gasteiger partial charge in [0.05, 0.1) is 13.2 Å². The molecule has 3 heteroatoms. The second-order valence-corrected chi connectivity index (χ2v) is 3.37. The highest BCUT2D eigenvalue weighted by atomic mass is 16.5. The van der Waals surface area contributed by atoms with E-state index >= 15 is 0 Å². The van der Waals surface area contributed by atoms with Crippen molar-refractivity contribution >= 4 is 0 Å². The third-order valence-corrected chi connectivity index (χ3v) is 2.35. The summed E-state index contributed by atoms with van der Waals surface area (Å²) in [6, 6.07) is 0. The third kappa shape index (κ3) is 0.569. The van der Waals surface area contributed by atoms with Crippen LogP contribution in [-0.4, -0.2) is 24.0 Å². The first-order chi connectivity index (χ1) is 4.18. The minimum absolute atomic E-state index is 0.0503. The van der Waals surface area contributed by atoms with E-state index in [-0.39, 0.29) is 17.7 Å². The van der Waals surface area contributed by atoms with Gasteiger partial charge in [0, 0.05) is 5.41 Å². The molecule has 0 radical (unpaired) electrons. The fourth-order valence-electron chi connectivity index (χ4n) is 1.88. The first-order valence-corrected chi connectivity index (χ1v) is 3.22. The van der Waals surface area contributed by atoms with Gasteiger partial charge < -0.3 is 15.6 Å². The van der Waals surface area contributed by atoms with Gasteiger partial charge in [-0.3, -0.25) is 0 Å². The van der Waals surface area contributed by atoms with Gasteiger partial charge >= 0.3 is 0 Å². The molecule has 52 valence electrons. The van der Waals surface area contributed by atoms with E-state index in [0.29, 0.717) is 6.61 Å². The van der Waals surface area contributed by atoms with Crippen LogP contribution in [0.5, 0.6) is 0 Å². The molecule has 0 aromatic heterocycles. The lowest BCUT2D eigenvalue weighted by Gasteiger charge is -2.40. The molecular weight excluding hydrogens is 118 g/mol. The SMILES string of the molecule is NC12CC(CO)(CO1)C2. The van der Waals surface area contributed by atoms with Crippen molar-refractivity contribution in [1.82, 2.24) is 0 Å². The molecule has 0 aromatic rings. The average Bonchev–Trinajstić information content (AvgIpc) is 2.20. The number of hydrogen-bond donors (Lipinski definition) is 2. The molecule has 0 unspecified atom stereocenters.